The van der Waals surface area contributed by atoms with Crippen LogP contribution in [-0.2, 0) is 11.2 Å². The molecule has 1 aromatic carbocycles. The molecule has 1 aliphatic rings. The van der Waals surface area contributed by atoms with Gasteiger partial charge < -0.3 is 15.2 Å². The predicted molar refractivity (Wildman–Crippen MR) is 73.0 cm³/mol. The fourth-order valence-corrected chi connectivity index (χ4v) is 2.81. The highest BCUT2D eigenvalue weighted by atomic mass is 35.5. The van der Waals surface area contributed by atoms with Crippen LogP contribution in [-0.4, -0.2) is 31.5 Å². The number of aryl methyl sites for hydroxylation is 1. The summed E-state index contributed by atoms with van der Waals surface area (Å²) in [6.07, 6.45) is 2.86. The van der Waals surface area contributed by atoms with Crippen molar-refractivity contribution in [2.24, 2.45) is 0 Å². The molecule has 2 rings (SSSR count). The molecule has 2 atom stereocenters. The Hall–Kier alpha value is -0.610. The van der Waals surface area contributed by atoms with Gasteiger partial charge in [-0.2, -0.15) is 0 Å². The van der Waals surface area contributed by atoms with Gasteiger partial charge in [-0.25, -0.2) is 0 Å². The van der Waals surface area contributed by atoms with Gasteiger partial charge in [0.15, 0.2) is 0 Å². The molecule has 100 valence electrons. The SMILES string of the molecule is COCC(CCO)NC1CCc2cc(Cl)ccc21. The first-order valence-corrected chi connectivity index (χ1v) is 6.76. The average molecular weight is 270 g/mol. The van der Waals surface area contributed by atoms with Gasteiger partial charge in [-0.3, -0.25) is 0 Å². The summed E-state index contributed by atoms with van der Waals surface area (Å²) in [7, 11) is 1.69. The van der Waals surface area contributed by atoms with E-state index in [0.717, 1.165) is 17.9 Å². The summed E-state index contributed by atoms with van der Waals surface area (Å²) < 4.78 is 5.18. The molecule has 0 aliphatic heterocycles. The van der Waals surface area contributed by atoms with E-state index in [0.29, 0.717) is 19.1 Å². The van der Waals surface area contributed by atoms with E-state index < -0.39 is 0 Å². The van der Waals surface area contributed by atoms with Crippen LogP contribution in [0.3, 0.4) is 0 Å². The molecule has 1 aliphatic carbocycles. The van der Waals surface area contributed by atoms with E-state index in [9.17, 15) is 0 Å². The summed E-state index contributed by atoms with van der Waals surface area (Å²) in [6.45, 7) is 0.807. The van der Waals surface area contributed by atoms with Gasteiger partial charge in [-0.15, -0.1) is 0 Å². The van der Waals surface area contributed by atoms with Crippen molar-refractivity contribution < 1.29 is 9.84 Å². The van der Waals surface area contributed by atoms with Gasteiger partial charge in [0.1, 0.15) is 0 Å². The molecule has 0 saturated carbocycles. The number of aliphatic hydroxyl groups excluding tert-OH is 1. The second kappa shape index (κ2) is 6.53. The molecule has 0 spiro atoms. The van der Waals surface area contributed by atoms with Crippen molar-refractivity contribution >= 4 is 11.6 Å². The van der Waals surface area contributed by atoms with E-state index in [4.69, 9.17) is 21.4 Å². The molecule has 0 saturated heterocycles. The molecule has 0 fully saturated rings. The largest absolute Gasteiger partial charge is 0.396 e. The second-order valence-corrected chi connectivity index (χ2v) is 5.20. The van der Waals surface area contributed by atoms with Crippen LogP contribution in [0.5, 0.6) is 0 Å². The van der Waals surface area contributed by atoms with E-state index in [1.807, 2.05) is 6.07 Å². The molecule has 2 N–H and O–H groups in total. The zero-order chi connectivity index (χ0) is 13.0. The summed E-state index contributed by atoms with van der Waals surface area (Å²) in [5.41, 5.74) is 2.67. The highest BCUT2D eigenvalue weighted by molar-refractivity contribution is 6.30. The van der Waals surface area contributed by atoms with Crippen LogP contribution in [0, 0.1) is 0 Å². The Morgan fingerprint density at radius 1 is 1.56 bits per heavy atom. The van der Waals surface area contributed by atoms with Crippen molar-refractivity contribution in [2.75, 3.05) is 20.3 Å². The van der Waals surface area contributed by atoms with Crippen LogP contribution in [0.1, 0.15) is 30.0 Å². The van der Waals surface area contributed by atoms with Crippen LogP contribution in [0.25, 0.3) is 0 Å². The van der Waals surface area contributed by atoms with Gasteiger partial charge in [0.05, 0.1) is 6.61 Å². The van der Waals surface area contributed by atoms with Crippen LogP contribution >= 0.6 is 11.6 Å². The summed E-state index contributed by atoms with van der Waals surface area (Å²) in [6, 6.07) is 6.65. The molecule has 3 nitrogen and oxygen atoms in total. The normalized spacial score (nSPS) is 19.8. The maximum atomic E-state index is 9.06. The highest BCUT2D eigenvalue weighted by Gasteiger charge is 2.24. The average Bonchev–Trinajstić information content (AvgIpc) is 2.72. The third kappa shape index (κ3) is 3.23. The first-order valence-electron chi connectivity index (χ1n) is 6.38. The van der Waals surface area contributed by atoms with Crippen LogP contribution in [0.4, 0.5) is 0 Å². The summed E-state index contributed by atoms with van der Waals surface area (Å²) in [5, 5.41) is 13.4. The predicted octanol–water partition coefficient (Wildman–Crippen LogP) is 2.31. The van der Waals surface area contributed by atoms with Crippen molar-refractivity contribution in [1.82, 2.24) is 5.32 Å². The number of hydrogen-bond acceptors (Lipinski definition) is 3. The molecule has 2 unspecified atom stereocenters. The Labute approximate surface area is 113 Å². The summed E-state index contributed by atoms with van der Waals surface area (Å²) in [5.74, 6) is 0. The third-order valence-electron chi connectivity index (χ3n) is 3.47. The number of benzene rings is 1. The number of aliphatic hydroxyl groups is 1. The number of nitrogens with one attached hydrogen (secondary N) is 1. The van der Waals surface area contributed by atoms with Crippen molar-refractivity contribution in [1.29, 1.82) is 0 Å². The number of ether oxygens (including phenoxy) is 1. The summed E-state index contributed by atoms with van der Waals surface area (Å²) in [4.78, 5) is 0. The molecule has 0 heterocycles. The zero-order valence-electron chi connectivity index (χ0n) is 10.7. The van der Waals surface area contributed by atoms with Crippen molar-refractivity contribution in [3.63, 3.8) is 0 Å². The van der Waals surface area contributed by atoms with Crippen LogP contribution in [0.2, 0.25) is 5.02 Å². The molecule has 1 aromatic rings. The number of rotatable bonds is 6. The number of fused-ring (bicyclic) bond motifs is 1. The first kappa shape index (κ1) is 13.8. The van der Waals surface area contributed by atoms with E-state index in [-0.39, 0.29) is 12.6 Å². The lowest BCUT2D eigenvalue weighted by molar-refractivity contribution is 0.142. The molecule has 18 heavy (non-hydrogen) atoms. The Balaban J connectivity index is 2.03. The van der Waals surface area contributed by atoms with Gasteiger partial charge in [0.25, 0.3) is 0 Å². The topological polar surface area (TPSA) is 41.5 Å². The van der Waals surface area contributed by atoms with E-state index in [1.165, 1.54) is 11.1 Å². The van der Waals surface area contributed by atoms with Crippen molar-refractivity contribution in [3.05, 3.63) is 34.3 Å². The molecule has 0 radical (unpaired) electrons. The maximum absolute atomic E-state index is 9.06. The smallest absolute Gasteiger partial charge is 0.0616 e. The number of hydrogen-bond donors (Lipinski definition) is 2. The monoisotopic (exact) mass is 269 g/mol. The van der Waals surface area contributed by atoms with Gasteiger partial charge in [0, 0.05) is 30.8 Å². The van der Waals surface area contributed by atoms with Crippen LogP contribution in [0.15, 0.2) is 18.2 Å². The lowest BCUT2D eigenvalue weighted by Gasteiger charge is -2.22. The lowest BCUT2D eigenvalue weighted by Crippen LogP contribution is -2.36. The third-order valence-corrected chi connectivity index (χ3v) is 3.70. The summed E-state index contributed by atoms with van der Waals surface area (Å²) >= 11 is 6.00. The van der Waals surface area contributed by atoms with E-state index in [1.54, 1.807) is 7.11 Å². The maximum Gasteiger partial charge on any atom is 0.0616 e. The fourth-order valence-electron chi connectivity index (χ4n) is 2.62. The fraction of sp³-hybridized carbons (Fsp3) is 0.571. The van der Waals surface area contributed by atoms with E-state index >= 15 is 0 Å². The molecular formula is C14H20ClNO2. The standard InChI is InChI=1S/C14H20ClNO2/c1-18-9-12(6-7-17)16-14-5-2-10-8-11(15)3-4-13(10)14/h3-4,8,12,14,16-17H,2,5-7,9H2,1H3. The Kier molecular flexibility index (Phi) is 5.01. The minimum absolute atomic E-state index is 0.182. The lowest BCUT2D eigenvalue weighted by atomic mass is 10.1. The van der Waals surface area contributed by atoms with Gasteiger partial charge >= 0.3 is 0 Å². The van der Waals surface area contributed by atoms with Gasteiger partial charge in [-0.1, -0.05) is 17.7 Å². The molecule has 0 aromatic heterocycles. The second-order valence-electron chi connectivity index (χ2n) is 4.77. The van der Waals surface area contributed by atoms with Crippen molar-refractivity contribution in [3.8, 4) is 0 Å². The minimum atomic E-state index is 0.182. The number of halogens is 1. The Morgan fingerprint density at radius 2 is 2.39 bits per heavy atom. The minimum Gasteiger partial charge on any atom is -0.396 e. The molecule has 4 heteroatoms. The van der Waals surface area contributed by atoms with Crippen LogP contribution < -0.4 is 5.32 Å². The first-order chi connectivity index (χ1) is 8.74. The zero-order valence-corrected chi connectivity index (χ0v) is 11.4. The molecular weight excluding hydrogens is 250 g/mol. The molecule has 0 amide bonds. The Bertz CT molecular complexity index is 391. The van der Waals surface area contributed by atoms with Crippen molar-refractivity contribution in [2.45, 2.75) is 31.3 Å². The van der Waals surface area contributed by atoms with E-state index in [2.05, 4.69) is 17.4 Å². The Morgan fingerprint density at radius 3 is 3.11 bits per heavy atom. The highest BCUT2D eigenvalue weighted by Crippen LogP contribution is 2.33. The van der Waals surface area contributed by atoms with Gasteiger partial charge in [-0.05, 0) is 42.5 Å². The number of methoxy groups -OCH3 is 1. The van der Waals surface area contributed by atoms with Gasteiger partial charge in [0.2, 0.25) is 0 Å². The quantitative estimate of drug-likeness (QED) is 0.833. The molecule has 0 bridgehead atoms.